The van der Waals surface area contributed by atoms with Crippen molar-refractivity contribution >= 4 is 17.4 Å². The molecular formula is C13H9N7O. The number of nitrogens with zero attached hydrogens (tertiary/aromatic N) is 4. The lowest BCUT2D eigenvalue weighted by molar-refractivity contribution is 0.102. The number of hydrazine groups is 1. The van der Waals surface area contributed by atoms with Crippen molar-refractivity contribution in [1.29, 1.82) is 10.5 Å². The third-order valence-electron chi connectivity index (χ3n) is 2.53. The molecule has 0 fully saturated rings. The molecule has 1 amide bonds. The van der Waals surface area contributed by atoms with Gasteiger partial charge < -0.3 is 10.7 Å². The van der Waals surface area contributed by atoms with Gasteiger partial charge >= 0.3 is 0 Å². The number of hydrogen-bond acceptors (Lipinski definition) is 7. The van der Waals surface area contributed by atoms with Crippen LogP contribution in [0.4, 0.5) is 11.5 Å². The van der Waals surface area contributed by atoms with Crippen LogP contribution in [0.1, 0.15) is 21.6 Å². The SMILES string of the molecule is N#Cc1ccc(NC(=O)c2cncc(NN)n2)cc1C#N. The Morgan fingerprint density at radius 2 is 1.95 bits per heavy atom. The van der Waals surface area contributed by atoms with E-state index in [2.05, 4.69) is 20.7 Å². The summed E-state index contributed by atoms with van der Waals surface area (Å²) in [5.74, 6) is 4.93. The van der Waals surface area contributed by atoms with Gasteiger partial charge in [0.15, 0.2) is 5.82 Å². The number of aromatic nitrogens is 2. The molecule has 8 heteroatoms. The third kappa shape index (κ3) is 3.10. The second-order valence-corrected chi connectivity index (χ2v) is 3.87. The average molecular weight is 279 g/mol. The van der Waals surface area contributed by atoms with Crippen molar-refractivity contribution < 1.29 is 4.79 Å². The second kappa shape index (κ2) is 6.10. The van der Waals surface area contributed by atoms with E-state index in [1.807, 2.05) is 12.1 Å². The molecule has 0 bridgehead atoms. The van der Waals surface area contributed by atoms with Gasteiger partial charge in [-0.05, 0) is 18.2 Å². The third-order valence-corrected chi connectivity index (χ3v) is 2.53. The second-order valence-electron chi connectivity index (χ2n) is 3.87. The summed E-state index contributed by atoms with van der Waals surface area (Å²) >= 11 is 0. The molecule has 0 spiro atoms. The van der Waals surface area contributed by atoms with E-state index in [1.54, 1.807) is 0 Å². The first-order valence-electron chi connectivity index (χ1n) is 5.72. The molecule has 0 aliphatic rings. The number of benzene rings is 1. The summed E-state index contributed by atoms with van der Waals surface area (Å²) in [6.45, 7) is 0. The van der Waals surface area contributed by atoms with Gasteiger partial charge in [0.1, 0.15) is 17.8 Å². The molecule has 1 heterocycles. The van der Waals surface area contributed by atoms with Crippen molar-refractivity contribution in [3.8, 4) is 12.1 Å². The molecule has 1 aromatic heterocycles. The monoisotopic (exact) mass is 279 g/mol. The number of rotatable bonds is 3. The van der Waals surface area contributed by atoms with Crippen molar-refractivity contribution in [2.45, 2.75) is 0 Å². The molecule has 2 aromatic rings. The van der Waals surface area contributed by atoms with E-state index in [4.69, 9.17) is 16.4 Å². The van der Waals surface area contributed by atoms with Gasteiger partial charge in [-0.1, -0.05) is 0 Å². The lowest BCUT2D eigenvalue weighted by Crippen LogP contribution is -2.16. The molecule has 0 aliphatic carbocycles. The maximum absolute atomic E-state index is 12.0. The fourth-order valence-corrected chi connectivity index (χ4v) is 1.55. The number of amides is 1. The predicted octanol–water partition coefficient (Wildman–Crippen LogP) is 0.758. The number of carbonyl (C=O) groups excluding carboxylic acids is 1. The number of anilines is 2. The van der Waals surface area contributed by atoms with Crippen LogP contribution < -0.4 is 16.6 Å². The Morgan fingerprint density at radius 3 is 2.62 bits per heavy atom. The topological polar surface area (TPSA) is 141 Å². The molecule has 0 atom stereocenters. The summed E-state index contributed by atoms with van der Waals surface area (Å²) in [4.78, 5) is 19.8. The van der Waals surface area contributed by atoms with Crippen molar-refractivity contribution in [3.05, 3.63) is 47.4 Å². The van der Waals surface area contributed by atoms with Gasteiger partial charge in [0.05, 0.1) is 23.5 Å². The fourth-order valence-electron chi connectivity index (χ4n) is 1.55. The van der Waals surface area contributed by atoms with Gasteiger partial charge in [0.25, 0.3) is 5.91 Å². The minimum Gasteiger partial charge on any atom is -0.321 e. The Bertz CT molecular complexity index is 773. The molecule has 0 saturated heterocycles. The van der Waals surface area contributed by atoms with Crippen molar-refractivity contribution in [3.63, 3.8) is 0 Å². The molecule has 4 N–H and O–H groups in total. The summed E-state index contributed by atoms with van der Waals surface area (Å²) in [5, 5.41) is 20.3. The van der Waals surface area contributed by atoms with Gasteiger partial charge in [-0.15, -0.1) is 0 Å². The molecular weight excluding hydrogens is 270 g/mol. The highest BCUT2D eigenvalue weighted by atomic mass is 16.1. The largest absolute Gasteiger partial charge is 0.321 e. The van der Waals surface area contributed by atoms with Crippen LogP contribution in [0.3, 0.4) is 0 Å². The first-order valence-corrected chi connectivity index (χ1v) is 5.72. The van der Waals surface area contributed by atoms with Gasteiger partial charge in [-0.25, -0.2) is 10.8 Å². The van der Waals surface area contributed by atoms with E-state index in [1.165, 1.54) is 30.6 Å². The summed E-state index contributed by atoms with van der Waals surface area (Å²) in [6.07, 6.45) is 2.65. The first kappa shape index (κ1) is 13.9. The maximum Gasteiger partial charge on any atom is 0.275 e. The van der Waals surface area contributed by atoms with Crippen LogP contribution in [0.2, 0.25) is 0 Å². The maximum atomic E-state index is 12.0. The number of nitriles is 2. The van der Waals surface area contributed by atoms with Crippen LogP contribution in [0.15, 0.2) is 30.6 Å². The Morgan fingerprint density at radius 1 is 1.19 bits per heavy atom. The van der Waals surface area contributed by atoms with Crippen molar-refractivity contribution in [2.75, 3.05) is 10.7 Å². The molecule has 0 unspecified atom stereocenters. The lowest BCUT2D eigenvalue weighted by Gasteiger charge is -2.06. The molecule has 102 valence electrons. The zero-order valence-electron chi connectivity index (χ0n) is 10.7. The smallest absolute Gasteiger partial charge is 0.275 e. The highest BCUT2D eigenvalue weighted by Gasteiger charge is 2.10. The minimum absolute atomic E-state index is 0.0633. The van der Waals surface area contributed by atoms with Gasteiger partial charge in [0, 0.05) is 5.69 Å². The summed E-state index contributed by atoms with van der Waals surface area (Å²) in [6, 6.07) is 8.18. The first-order chi connectivity index (χ1) is 10.2. The standard InChI is InChI=1S/C13H9N7O/c14-4-8-1-2-10(3-9(8)5-15)18-13(21)11-6-17-7-12(19-11)20-16/h1-3,6-7H,16H2,(H,18,21)(H,19,20). The molecule has 0 saturated carbocycles. The van der Waals surface area contributed by atoms with E-state index in [-0.39, 0.29) is 22.6 Å². The van der Waals surface area contributed by atoms with E-state index in [9.17, 15) is 4.79 Å². The van der Waals surface area contributed by atoms with E-state index < -0.39 is 5.91 Å². The van der Waals surface area contributed by atoms with Crippen molar-refractivity contribution in [1.82, 2.24) is 9.97 Å². The highest BCUT2D eigenvalue weighted by Crippen LogP contribution is 2.15. The van der Waals surface area contributed by atoms with Crippen LogP contribution in [-0.4, -0.2) is 15.9 Å². The predicted molar refractivity (Wildman–Crippen MR) is 73.7 cm³/mol. The zero-order valence-corrected chi connectivity index (χ0v) is 10.7. The van der Waals surface area contributed by atoms with Crippen molar-refractivity contribution in [2.24, 2.45) is 5.84 Å². The van der Waals surface area contributed by atoms with Crippen LogP contribution in [0.5, 0.6) is 0 Å². The average Bonchev–Trinajstić information content (AvgIpc) is 2.54. The molecule has 1 aromatic carbocycles. The molecule has 8 nitrogen and oxygen atoms in total. The Hall–Kier alpha value is -3.49. The lowest BCUT2D eigenvalue weighted by atomic mass is 10.1. The van der Waals surface area contributed by atoms with E-state index in [0.717, 1.165) is 0 Å². The van der Waals surface area contributed by atoms with Crippen LogP contribution in [0, 0.1) is 22.7 Å². The Balaban J connectivity index is 2.24. The molecule has 2 rings (SSSR count). The van der Waals surface area contributed by atoms with E-state index >= 15 is 0 Å². The van der Waals surface area contributed by atoms with Crippen LogP contribution >= 0.6 is 0 Å². The number of hydrogen-bond donors (Lipinski definition) is 3. The van der Waals surface area contributed by atoms with E-state index in [0.29, 0.717) is 5.69 Å². The molecule has 0 radical (unpaired) electrons. The summed E-state index contributed by atoms with van der Waals surface area (Å²) in [5.41, 5.74) is 3.15. The highest BCUT2D eigenvalue weighted by molar-refractivity contribution is 6.03. The number of carbonyl (C=O) groups is 1. The van der Waals surface area contributed by atoms with Crippen LogP contribution in [0.25, 0.3) is 0 Å². The quantitative estimate of drug-likeness (QED) is 0.556. The van der Waals surface area contributed by atoms with Crippen LogP contribution in [-0.2, 0) is 0 Å². The minimum atomic E-state index is -0.506. The van der Waals surface area contributed by atoms with Gasteiger partial charge in [0.2, 0.25) is 0 Å². The number of nitrogens with one attached hydrogen (secondary N) is 2. The van der Waals surface area contributed by atoms with Gasteiger partial charge in [-0.3, -0.25) is 9.78 Å². The fraction of sp³-hybridized carbons (Fsp3) is 0. The van der Waals surface area contributed by atoms with Gasteiger partial charge in [-0.2, -0.15) is 10.5 Å². The summed E-state index contributed by atoms with van der Waals surface area (Å²) < 4.78 is 0. The Labute approximate surface area is 119 Å². The Kier molecular flexibility index (Phi) is 4.05. The molecule has 21 heavy (non-hydrogen) atoms. The normalized spacial score (nSPS) is 9.29. The zero-order chi connectivity index (χ0) is 15.2. The number of nitrogen functional groups attached to an aromatic ring is 1. The number of nitrogens with two attached hydrogens (primary N) is 1. The summed E-state index contributed by atoms with van der Waals surface area (Å²) in [7, 11) is 0. The molecule has 0 aliphatic heterocycles.